The number of hydrogen-bond donors (Lipinski definition) is 2. The number of ketones is 1. The fourth-order valence-electron chi connectivity index (χ4n) is 2.71. The molecule has 0 atom stereocenters. The van der Waals surface area contributed by atoms with Crippen molar-refractivity contribution < 1.29 is 14.7 Å². The van der Waals surface area contributed by atoms with Crippen molar-refractivity contribution in [1.29, 1.82) is 0 Å². The molecular formula is C20H16ClN3O4S. The number of hydrazone groups is 1. The van der Waals surface area contributed by atoms with E-state index in [-0.39, 0.29) is 27.9 Å². The molecule has 2 aromatic carbocycles. The summed E-state index contributed by atoms with van der Waals surface area (Å²) < 4.78 is 1.25. The summed E-state index contributed by atoms with van der Waals surface area (Å²) in [6.45, 7) is 1.94. The lowest BCUT2D eigenvalue weighted by Gasteiger charge is -2.07. The Balaban J connectivity index is 1.97. The number of nitrogens with two attached hydrogens (primary N) is 1. The summed E-state index contributed by atoms with van der Waals surface area (Å²) >= 11 is 7.14. The summed E-state index contributed by atoms with van der Waals surface area (Å²) in [4.78, 5) is 36.2. The van der Waals surface area contributed by atoms with Gasteiger partial charge in [0.2, 0.25) is 5.78 Å². The van der Waals surface area contributed by atoms with Crippen molar-refractivity contribution in [3.05, 3.63) is 90.5 Å². The summed E-state index contributed by atoms with van der Waals surface area (Å²) in [5, 5.41) is 12.7. The SMILES string of the molecule is Cc1ccc(C(=O)/C(=N/N)c2sc(=O)n(Cc3cccc(C(=O)O)c3)c2Cl)cc1. The lowest BCUT2D eigenvalue weighted by Crippen LogP contribution is -2.18. The van der Waals surface area contributed by atoms with Crippen molar-refractivity contribution in [3.63, 3.8) is 0 Å². The predicted octanol–water partition coefficient (Wildman–Crippen LogP) is 3.16. The summed E-state index contributed by atoms with van der Waals surface area (Å²) in [7, 11) is 0. The molecule has 0 bridgehead atoms. The first-order valence-corrected chi connectivity index (χ1v) is 9.62. The Morgan fingerprint density at radius 3 is 2.48 bits per heavy atom. The molecule has 29 heavy (non-hydrogen) atoms. The van der Waals surface area contributed by atoms with Crippen molar-refractivity contribution >= 4 is 40.4 Å². The molecule has 0 unspecified atom stereocenters. The van der Waals surface area contributed by atoms with Crippen LogP contribution in [0.3, 0.4) is 0 Å². The van der Waals surface area contributed by atoms with E-state index in [1.807, 2.05) is 6.92 Å². The Morgan fingerprint density at radius 1 is 1.17 bits per heavy atom. The number of Topliss-reactive ketones (excluding diaryl/α,β-unsaturated/α-hetero) is 1. The van der Waals surface area contributed by atoms with Gasteiger partial charge in [0, 0.05) is 5.56 Å². The number of carbonyl (C=O) groups excluding carboxylic acids is 1. The smallest absolute Gasteiger partial charge is 0.335 e. The summed E-state index contributed by atoms with van der Waals surface area (Å²) in [5.41, 5.74) is 1.93. The zero-order valence-corrected chi connectivity index (χ0v) is 16.8. The van der Waals surface area contributed by atoms with E-state index >= 15 is 0 Å². The molecular weight excluding hydrogens is 414 g/mol. The second-order valence-electron chi connectivity index (χ2n) is 6.25. The number of aryl methyl sites for hydroxylation is 1. The topological polar surface area (TPSA) is 115 Å². The van der Waals surface area contributed by atoms with Crippen LogP contribution < -0.4 is 10.7 Å². The minimum atomic E-state index is -1.07. The molecule has 0 saturated carbocycles. The van der Waals surface area contributed by atoms with E-state index in [1.54, 1.807) is 36.4 Å². The van der Waals surface area contributed by atoms with Crippen LogP contribution in [0.4, 0.5) is 0 Å². The highest BCUT2D eigenvalue weighted by atomic mass is 35.5. The Kier molecular flexibility index (Phi) is 5.95. The maximum absolute atomic E-state index is 12.8. The van der Waals surface area contributed by atoms with Gasteiger partial charge in [-0.1, -0.05) is 64.9 Å². The van der Waals surface area contributed by atoms with Crippen LogP contribution in [0.5, 0.6) is 0 Å². The van der Waals surface area contributed by atoms with Gasteiger partial charge in [-0.25, -0.2) is 4.79 Å². The van der Waals surface area contributed by atoms with Crippen LogP contribution in [0, 0.1) is 6.92 Å². The molecule has 0 radical (unpaired) electrons. The van der Waals surface area contributed by atoms with E-state index in [9.17, 15) is 14.4 Å². The maximum atomic E-state index is 12.8. The number of carboxylic acids is 1. The third-order valence-corrected chi connectivity index (χ3v) is 5.71. The molecule has 148 valence electrons. The Bertz CT molecular complexity index is 1180. The third kappa shape index (κ3) is 4.28. The zero-order chi connectivity index (χ0) is 21.1. The van der Waals surface area contributed by atoms with E-state index < -0.39 is 16.6 Å². The molecule has 0 fully saturated rings. The first kappa shape index (κ1) is 20.5. The molecule has 1 heterocycles. The molecule has 1 aromatic heterocycles. The average molecular weight is 430 g/mol. The van der Waals surface area contributed by atoms with Crippen molar-refractivity contribution in [2.24, 2.45) is 10.9 Å². The largest absolute Gasteiger partial charge is 0.478 e. The van der Waals surface area contributed by atoms with Crippen LogP contribution >= 0.6 is 22.9 Å². The van der Waals surface area contributed by atoms with Crippen molar-refractivity contribution in [2.75, 3.05) is 0 Å². The minimum absolute atomic E-state index is 0.0189. The molecule has 3 N–H and O–H groups in total. The zero-order valence-electron chi connectivity index (χ0n) is 15.3. The third-order valence-electron chi connectivity index (χ3n) is 4.22. The first-order chi connectivity index (χ1) is 13.8. The molecule has 0 aliphatic rings. The predicted molar refractivity (Wildman–Crippen MR) is 112 cm³/mol. The van der Waals surface area contributed by atoms with E-state index in [0.29, 0.717) is 11.1 Å². The van der Waals surface area contributed by atoms with Gasteiger partial charge in [-0.05, 0) is 24.6 Å². The van der Waals surface area contributed by atoms with Gasteiger partial charge in [0.05, 0.1) is 17.0 Å². The fourth-order valence-corrected chi connectivity index (χ4v) is 3.98. The highest BCUT2D eigenvalue weighted by molar-refractivity contribution is 7.13. The molecule has 3 rings (SSSR count). The summed E-state index contributed by atoms with van der Waals surface area (Å²) in [6, 6.07) is 13.0. The molecule has 9 heteroatoms. The number of carboxylic acid groups (broad SMARTS) is 1. The lowest BCUT2D eigenvalue weighted by atomic mass is 10.0. The maximum Gasteiger partial charge on any atom is 0.335 e. The quantitative estimate of drug-likeness (QED) is 0.270. The van der Waals surface area contributed by atoms with Gasteiger partial charge in [0.25, 0.3) is 0 Å². The Morgan fingerprint density at radius 2 is 1.86 bits per heavy atom. The van der Waals surface area contributed by atoms with Crippen LogP contribution in [-0.2, 0) is 6.54 Å². The van der Waals surface area contributed by atoms with Crippen molar-refractivity contribution in [3.8, 4) is 0 Å². The molecule has 0 aliphatic heterocycles. The van der Waals surface area contributed by atoms with Crippen LogP contribution in [0.25, 0.3) is 0 Å². The van der Waals surface area contributed by atoms with Gasteiger partial charge >= 0.3 is 10.8 Å². The summed E-state index contributed by atoms with van der Waals surface area (Å²) in [6.07, 6.45) is 0. The van der Waals surface area contributed by atoms with Crippen LogP contribution in [0.1, 0.15) is 36.7 Å². The number of carbonyl (C=O) groups is 2. The van der Waals surface area contributed by atoms with E-state index in [0.717, 1.165) is 16.9 Å². The standard InChI is InChI=1S/C20H16ClN3O4S/c1-11-5-7-13(8-6-11)16(25)15(23-22)17-18(21)24(20(28)29-17)10-12-3-2-4-14(9-12)19(26)27/h2-9H,10,22H2,1H3,(H,26,27)/b23-15-. The number of rotatable bonds is 6. The Hall–Kier alpha value is -3.23. The van der Waals surface area contributed by atoms with Gasteiger partial charge < -0.3 is 10.9 Å². The monoisotopic (exact) mass is 429 g/mol. The van der Waals surface area contributed by atoms with Gasteiger partial charge in [-0.15, -0.1) is 0 Å². The second kappa shape index (κ2) is 8.42. The number of benzene rings is 2. The normalized spacial score (nSPS) is 11.4. The van der Waals surface area contributed by atoms with Crippen LogP contribution in [0.2, 0.25) is 5.15 Å². The second-order valence-corrected chi connectivity index (χ2v) is 7.57. The highest BCUT2D eigenvalue weighted by Crippen LogP contribution is 2.23. The van der Waals surface area contributed by atoms with Crippen molar-refractivity contribution in [1.82, 2.24) is 4.57 Å². The number of nitrogens with zero attached hydrogens (tertiary/aromatic N) is 2. The number of thiazole rings is 1. The van der Waals surface area contributed by atoms with Gasteiger partial charge in [-0.2, -0.15) is 5.10 Å². The van der Waals surface area contributed by atoms with Crippen LogP contribution in [-0.4, -0.2) is 27.1 Å². The number of hydrogen-bond acceptors (Lipinski definition) is 6. The van der Waals surface area contributed by atoms with E-state index in [2.05, 4.69) is 5.10 Å². The van der Waals surface area contributed by atoms with Gasteiger partial charge in [0.1, 0.15) is 5.15 Å². The minimum Gasteiger partial charge on any atom is -0.478 e. The van der Waals surface area contributed by atoms with Gasteiger partial charge in [-0.3, -0.25) is 14.2 Å². The molecule has 7 nitrogen and oxygen atoms in total. The van der Waals surface area contributed by atoms with E-state index in [1.165, 1.54) is 16.7 Å². The number of aromatic nitrogens is 1. The van der Waals surface area contributed by atoms with Gasteiger partial charge in [0.15, 0.2) is 5.71 Å². The Labute approximate surface area is 174 Å². The number of aromatic carboxylic acids is 1. The van der Waals surface area contributed by atoms with Crippen LogP contribution in [0.15, 0.2) is 58.4 Å². The molecule has 3 aromatic rings. The molecule has 0 aliphatic carbocycles. The molecule has 0 saturated heterocycles. The fraction of sp³-hybridized carbons (Fsp3) is 0.100. The summed E-state index contributed by atoms with van der Waals surface area (Å²) in [5.74, 6) is 3.93. The molecule has 0 amide bonds. The number of halogens is 1. The lowest BCUT2D eigenvalue weighted by molar-refractivity contribution is 0.0696. The molecule has 0 spiro atoms. The van der Waals surface area contributed by atoms with Crippen molar-refractivity contribution in [2.45, 2.75) is 13.5 Å². The van der Waals surface area contributed by atoms with E-state index in [4.69, 9.17) is 22.6 Å². The highest BCUT2D eigenvalue weighted by Gasteiger charge is 2.24. The first-order valence-electron chi connectivity index (χ1n) is 8.42. The average Bonchev–Trinajstić information content (AvgIpc) is 2.97.